The summed E-state index contributed by atoms with van der Waals surface area (Å²) in [6.07, 6.45) is 1.27. The number of esters is 1. The Morgan fingerprint density at radius 3 is 2.35 bits per heavy atom. The molecule has 1 saturated heterocycles. The van der Waals surface area contributed by atoms with E-state index in [1.165, 1.54) is 0 Å². The van der Waals surface area contributed by atoms with Crippen molar-refractivity contribution in [2.75, 3.05) is 19.7 Å². The number of carbonyl (C=O) groups is 2. The van der Waals surface area contributed by atoms with Gasteiger partial charge in [0.25, 0.3) is 0 Å². The molecule has 2 N–H and O–H groups in total. The van der Waals surface area contributed by atoms with Crippen molar-refractivity contribution in [2.24, 2.45) is 11.7 Å². The topological polar surface area (TPSA) is 72.6 Å². The second-order valence-corrected chi connectivity index (χ2v) is 5.89. The van der Waals surface area contributed by atoms with Crippen molar-refractivity contribution in [3.63, 3.8) is 0 Å². The molecule has 1 atom stereocenters. The zero-order valence-electron chi connectivity index (χ0n) is 13.7. The molecule has 1 fully saturated rings. The van der Waals surface area contributed by atoms with Crippen LogP contribution in [0.3, 0.4) is 0 Å². The largest absolute Gasteiger partial charge is 0.466 e. The van der Waals surface area contributed by atoms with Crippen molar-refractivity contribution in [3.05, 3.63) is 35.9 Å². The molecule has 1 aromatic carbocycles. The van der Waals surface area contributed by atoms with E-state index < -0.39 is 5.54 Å². The van der Waals surface area contributed by atoms with Gasteiger partial charge in [-0.3, -0.25) is 9.59 Å². The van der Waals surface area contributed by atoms with Gasteiger partial charge in [-0.15, -0.1) is 12.4 Å². The van der Waals surface area contributed by atoms with Gasteiger partial charge >= 0.3 is 5.97 Å². The number of piperidine rings is 1. The molecule has 0 aromatic heterocycles. The molecule has 0 radical (unpaired) electrons. The summed E-state index contributed by atoms with van der Waals surface area (Å²) in [6.45, 7) is 5.02. The summed E-state index contributed by atoms with van der Waals surface area (Å²) >= 11 is 0. The van der Waals surface area contributed by atoms with Gasteiger partial charge in [-0.05, 0) is 32.3 Å². The number of ether oxygens (including phenoxy) is 1. The molecule has 1 aromatic rings. The van der Waals surface area contributed by atoms with E-state index in [0.29, 0.717) is 32.5 Å². The highest BCUT2D eigenvalue weighted by molar-refractivity contribution is 5.87. The predicted octanol–water partition coefficient (Wildman–Crippen LogP) is 2.08. The van der Waals surface area contributed by atoms with Crippen molar-refractivity contribution in [3.8, 4) is 0 Å². The van der Waals surface area contributed by atoms with E-state index in [-0.39, 0.29) is 30.2 Å². The summed E-state index contributed by atoms with van der Waals surface area (Å²) in [6, 6.07) is 9.38. The number of nitrogens with two attached hydrogens (primary N) is 1. The minimum absolute atomic E-state index is 0. The average molecular weight is 341 g/mol. The van der Waals surface area contributed by atoms with E-state index in [1.807, 2.05) is 30.3 Å². The van der Waals surface area contributed by atoms with Gasteiger partial charge in [0.1, 0.15) is 5.54 Å². The molecule has 1 aliphatic heterocycles. The fraction of sp³-hybridized carbons (Fsp3) is 0.529. The molecular formula is C17H25ClN2O3. The summed E-state index contributed by atoms with van der Waals surface area (Å²) in [7, 11) is 0. The van der Waals surface area contributed by atoms with E-state index >= 15 is 0 Å². The van der Waals surface area contributed by atoms with Crippen molar-refractivity contribution in [1.82, 2.24) is 4.90 Å². The van der Waals surface area contributed by atoms with Crippen LogP contribution in [0.15, 0.2) is 30.3 Å². The SMILES string of the molecule is CCOC(=O)C1CCN(C(=O)C(C)(N)c2ccccc2)CC1.Cl. The van der Waals surface area contributed by atoms with Crippen molar-refractivity contribution in [1.29, 1.82) is 0 Å². The van der Waals surface area contributed by atoms with E-state index in [4.69, 9.17) is 10.5 Å². The van der Waals surface area contributed by atoms with E-state index in [1.54, 1.807) is 18.7 Å². The number of halogens is 1. The number of nitrogens with zero attached hydrogens (tertiary/aromatic N) is 1. The van der Waals surface area contributed by atoms with Crippen LogP contribution in [0.5, 0.6) is 0 Å². The molecule has 2 rings (SSSR count). The maximum Gasteiger partial charge on any atom is 0.309 e. The molecule has 1 aliphatic rings. The molecule has 1 heterocycles. The quantitative estimate of drug-likeness (QED) is 0.852. The molecule has 6 heteroatoms. The summed E-state index contributed by atoms with van der Waals surface area (Å²) < 4.78 is 5.05. The second-order valence-electron chi connectivity index (χ2n) is 5.89. The molecule has 1 unspecified atom stereocenters. The maximum atomic E-state index is 12.7. The Balaban J connectivity index is 0.00000264. The van der Waals surface area contributed by atoms with Crippen molar-refractivity contribution >= 4 is 24.3 Å². The van der Waals surface area contributed by atoms with Gasteiger partial charge < -0.3 is 15.4 Å². The molecule has 0 bridgehead atoms. The average Bonchev–Trinajstić information content (AvgIpc) is 2.55. The molecule has 128 valence electrons. The first-order valence-corrected chi connectivity index (χ1v) is 7.77. The van der Waals surface area contributed by atoms with Crippen molar-refractivity contribution in [2.45, 2.75) is 32.2 Å². The first-order chi connectivity index (χ1) is 10.5. The highest BCUT2D eigenvalue weighted by Crippen LogP contribution is 2.25. The lowest BCUT2D eigenvalue weighted by Crippen LogP contribution is -2.53. The lowest BCUT2D eigenvalue weighted by atomic mass is 9.89. The smallest absolute Gasteiger partial charge is 0.309 e. The van der Waals surface area contributed by atoms with Crippen LogP contribution in [0.2, 0.25) is 0 Å². The number of rotatable bonds is 4. The molecule has 0 saturated carbocycles. The first kappa shape index (κ1) is 19.5. The van der Waals surface area contributed by atoms with Crippen LogP contribution in [0, 0.1) is 5.92 Å². The number of amides is 1. The third-order valence-corrected chi connectivity index (χ3v) is 4.22. The number of hydrogen-bond donors (Lipinski definition) is 1. The van der Waals surface area contributed by atoms with Gasteiger partial charge in [0.05, 0.1) is 12.5 Å². The number of likely N-dealkylation sites (tertiary alicyclic amines) is 1. The normalized spacial score (nSPS) is 17.8. The highest BCUT2D eigenvalue weighted by Gasteiger charge is 2.37. The number of hydrogen-bond acceptors (Lipinski definition) is 4. The van der Waals surface area contributed by atoms with Crippen LogP contribution in [0.25, 0.3) is 0 Å². The zero-order valence-corrected chi connectivity index (χ0v) is 14.5. The van der Waals surface area contributed by atoms with E-state index in [9.17, 15) is 9.59 Å². The molecule has 23 heavy (non-hydrogen) atoms. The Morgan fingerprint density at radius 1 is 1.26 bits per heavy atom. The Hall–Kier alpha value is -1.59. The Morgan fingerprint density at radius 2 is 1.83 bits per heavy atom. The lowest BCUT2D eigenvalue weighted by molar-refractivity contribution is -0.152. The summed E-state index contributed by atoms with van der Waals surface area (Å²) in [5.41, 5.74) is 6.03. The molecule has 0 aliphatic carbocycles. The van der Waals surface area contributed by atoms with Crippen molar-refractivity contribution < 1.29 is 14.3 Å². The Bertz CT molecular complexity index is 526. The Kier molecular flexibility index (Phi) is 7.03. The van der Waals surface area contributed by atoms with Crippen LogP contribution >= 0.6 is 12.4 Å². The molecule has 1 amide bonds. The van der Waals surface area contributed by atoms with Crippen LogP contribution in [-0.4, -0.2) is 36.5 Å². The standard InChI is InChI=1S/C17H24N2O3.ClH/c1-3-22-15(20)13-9-11-19(12-10-13)16(21)17(2,18)14-7-5-4-6-8-14;/h4-8,13H,3,9-12,18H2,1-2H3;1H. The Labute approximate surface area is 143 Å². The number of benzene rings is 1. The first-order valence-electron chi connectivity index (χ1n) is 7.77. The van der Waals surface area contributed by atoms with Crippen LogP contribution in [0.4, 0.5) is 0 Å². The predicted molar refractivity (Wildman–Crippen MR) is 91.2 cm³/mol. The van der Waals surface area contributed by atoms with Gasteiger partial charge in [0, 0.05) is 13.1 Å². The van der Waals surface area contributed by atoms with Gasteiger partial charge in [0.15, 0.2) is 0 Å². The minimum Gasteiger partial charge on any atom is -0.466 e. The fourth-order valence-electron chi connectivity index (χ4n) is 2.81. The fourth-order valence-corrected chi connectivity index (χ4v) is 2.81. The number of carbonyl (C=O) groups excluding carboxylic acids is 2. The van der Waals surface area contributed by atoms with Gasteiger partial charge in [0.2, 0.25) is 5.91 Å². The van der Waals surface area contributed by atoms with Gasteiger partial charge in [-0.2, -0.15) is 0 Å². The molecular weight excluding hydrogens is 316 g/mol. The van der Waals surface area contributed by atoms with Crippen LogP contribution in [-0.2, 0) is 19.9 Å². The third-order valence-electron chi connectivity index (χ3n) is 4.22. The van der Waals surface area contributed by atoms with Gasteiger partial charge in [-0.25, -0.2) is 0 Å². The minimum atomic E-state index is -1.04. The molecule has 0 spiro atoms. The summed E-state index contributed by atoms with van der Waals surface area (Å²) in [5, 5.41) is 0. The summed E-state index contributed by atoms with van der Waals surface area (Å²) in [5.74, 6) is -0.362. The second kappa shape index (κ2) is 8.31. The highest BCUT2D eigenvalue weighted by atomic mass is 35.5. The summed E-state index contributed by atoms with van der Waals surface area (Å²) in [4.78, 5) is 26.2. The van der Waals surface area contributed by atoms with E-state index in [0.717, 1.165) is 5.56 Å². The van der Waals surface area contributed by atoms with Gasteiger partial charge in [-0.1, -0.05) is 30.3 Å². The monoisotopic (exact) mass is 340 g/mol. The molecule has 5 nitrogen and oxygen atoms in total. The third kappa shape index (κ3) is 4.45. The zero-order chi connectivity index (χ0) is 16.2. The van der Waals surface area contributed by atoms with E-state index in [2.05, 4.69) is 0 Å². The maximum absolute atomic E-state index is 12.7. The van der Waals surface area contributed by atoms with Crippen LogP contribution in [0.1, 0.15) is 32.3 Å². The lowest BCUT2D eigenvalue weighted by Gasteiger charge is -2.36. The van der Waals surface area contributed by atoms with Crippen LogP contribution < -0.4 is 5.73 Å².